The van der Waals surface area contributed by atoms with Crippen molar-refractivity contribution >= 4 is 33.9 Å². The molecule has 6 nitrogen and oxygen atoms in total. The molecule has 0 radical (unpaired) electrons. The largest absolute Gasteiger partial charge is 0.478 e. The van der Waals surface area contributed by atoms with Crippen molar-refractivity contribution < 1.29 is 29.0 Å². The number of hydrogen-bond acceptors (Lipinski definition) is 4. The number of rotatable bonds is 2. The second-order valence-corrected chi connectivity index (χ2v) is 3.76. The fourth-order valence-electron chi connectivity index (χ4n) is 1.99. The summed E-state index contributed by atoms with van der Waals surface area (Å²) in [4.78, 5) is 22.4. The van der Waals surface area contributed by atoms with Crippen LogP contribution in [0.25, 0.3) is 21.9 Å². The number of carboxylic acids is 2. The molecule has 1 aromatic heterocycles. The van der Waals surface area contributed by atoms with Crippen LogP contribution in [0, 0.1) is 0 Å². The number of benzene rings is 2. The average Bonchev–Trinajstić information content (AvgIpc) is 2.29. The topological polar surface area (TPSA) is 101 Å². The average molecular weight is 246 g/mol. The highest BCUT2D eigenvalue weighted by atomic mass is 17.0. The highest BCUT2D eigenvalue weighted by Gasteiger charge is 2.24. The second-order valence-electron chi connectivity index (χ2n) is 3.76. The van der Waals surface area contributed by atoms with Gasteiger partial charge < -0.3 is 10.2 Å². The molecule has 6 heteroatoms. The van der Waals surface area contributed by atoms with E-state index in [-0.39, 0.29) is 22.1 Å². The van der Waals surface area contributed by atoms with Gasteiger partial charge in [-0.05, 0) is 17.5 Å². The van der Waals surface area contributed by atoms with Gasteiger partial charge in [-0.1, -0.05) is 12.1 Å². The molecular formula is C12H6O6. The summed E-state index contributed by atoms with van der Waals surface area (Å²) in [6.07, 6.45) is 0. The summed E-state index contributed by atoms with van der Waals surface area (Å²) >= 11 is 0. The zero-order valence-corrected chi connectivity index (χ0v) is 8.84. The predicted octanol–water partition coefficient (Wildman–Crippen LogP) is 2.58. The van der Waals surface area contributed by atoms with E-state index in [2.05, 4.69) is 9.15 Å². The molecule has 2 N–H and O–H groups in total. The molecule has 0 aliphatic rings. The molecule has 0 fully saturated rings. The Kier molecular flexibility index (Phi) is 1.94. The van der Waals surface area contributed by atoms with Crippen molar-refractivity contribution in [1.82, 2.24) is 0 Å². The van der Waals surface area contributed by atoms with E-state index >= 15 is 0 Å². The third kappa shape index (κ3) is 1.22. The first-order valence-corrected chi connectivity index (χ1v) is 5.00. The summed E-state index contributed by atoms with van der Waals surface area (Å²) in [6.45, 7) is 0. The van der Waals surface area contributed by atoms with Crippen molar-refractivity contribution in [3.05, 3.63) is 35.4 Å². The summed E-state index contributed by atoms with van der Waals surface area (Å²) in [5.41, 5.74) is 0.0843. The smallest absolute Gasteiger partial charge is 0.340 e. The molecule has 18 heavy (non-hydrogen) atoms. The second kappa shape index (κ2) is 3.36. The third-order valence-corrected chi connectivity index (χ3v) is 2.74. The van der Waals surface area contributed by atoms with Crippen molar-refractivity contribution in [1.29, 1.82) is 0 Å². The molecule has 0 amide bonds. The van der Waals surface area contributed by atoms with Gasteiger partial charge in [0.05, 0.1) is 5.56 Å². The molecule has 3 rings (SSSR count). The Hall–Kier alpha value is -2.76. The first-order chi connectivity index (χ1) is 8.59. The van der Waals surface area contributed by atoms with Crippen LogP contribution in [0.1, 0.15) is 20.7 Å². The minimum Gasteiger partial charge on any atom is -0.478 e. The van der Waals surface area contributed by atoms with Gasteiger partial charge in [-0.25, -0.2) is 9.59 Å². The monoisotopic (exact) mass is 246 g/mol. The van der Waals surface area contributed by atoms with Crippen LogP contribution in [0.15, 0.2) is 33.4 Å². The van der Waals surface area contributed by atoms with Gasteiger partial charge in [0.25, 0.3) is 0 Å². The first-order valence-electron chi connectivity index (χ1n) is 5.00. The van der Waals surface area contributed by atoms with Crippen LogP contribution in [-0.2, 0) is 0 Å². The minimum atomic E-state index is -1.26. The third-order valence-electron chi connectivity index (χ3n) is 2.74. The van der Waals surface area contributed by atoms with Crippen LogP contribution in [0.2, 0.25) is 0 Å². The summed E-state index contributed by atoms with van der Waals surface area (Å²) in [7, 11) is 0. The van der Waals surface area contributed by atoms with Crippen LogP contribution in [0.3, 0.4) is 0 Å². The molecule has 0 atom stereocenters. The van der Waals surface area contributed by atoms with Gasteiger partial charge in [0.1, 0.15) is 5.56 Å². The zero-order valence-electron chi connectivity index (χ0n) is 8.84. The first kappa shape index (κ1) is 10.4. The molecule has 3 aromatic rings. The van der Waals surface area contributed by atoms with Gasteiger partial charge in [-0.2, -0.15) is 0 Å². The number of fused-ring (bicyclic) bond motifs is 2. The quantitative estimate of drug-likeness (QED) is 0.674. The van der Waals surface area contributed by atoms with Gasteiger partial charge in [0, 0.05) is 5.39 Å². The van der Waals surface area contributed by atoms with E-state index in [0.717, 1.165) is 0 Å². The van der Waals surface area contributed by atoms with Gasteiger partial charge in [0.2, 0.25) is 11.2 Å². The van der Waals surface area contributed by atoms with Crippen LogP contribution in [0.5, 0.6) is 0 Å². The SMILES string of the molecule is O=C(O)c1cccc2cc3ooc3c(C(=O)O)c12. The fourth-order valence-corrected chi connectivity index (χ4v) is 1.99. The molecule has 0 saturated carbocycles. The van der Waals surface area contributed by atoms with E-state index in [1.165, 1.54) is 6.07 Å². The van der Waals surface area contributed by atoms with Gasteiger partial charge >= 0.3 is 11.9 Å². The summed E-state index contributed by atoms with van der Waals surface area (Å²) in [6, 6.07) is 6.07. The summed E-state index contributed by atoms with van der Waals surface area (Å²) in [5.74, 6) is -2.45. The maximum absolute atomic E-state index is 11.3. The Bertz CT molecular complexity index is 791. The molecular weight excluding hydrogens is 240 g/mol. The van der Waals surface area contributed by atoms with Crippen molar-refractivity contribution in [3.8, 4) is 0 Å². The Morgan fingerprint density at radius 3 is 2.39 bits per heavy atom. The Morgan fingerprint density at radius 1 is 1.06 bits per heavy atom. The lowest BCUT2D eigenvalue weighted by Crippen LogP contribution is -2.05. The van der Waals surface area contributed by atoms with Crippen molar-refractivity contribution in [2.75, 3.05) is 0 Å². The van der Waals surface area contributed by atoms with E-state index in [4.69, 9.17) is 5.11 Å². The van der Waals surface area contributed by atoms with E-state index in [9.17, 15) is 14.7 Å². The highest BCUT2D eigenvalue weighted by molar-refractivity contribution is 6.18. The number of aromatic carboxylic acids is 2. The lowest BCUT2D eigenvalue weighted by atomic mass is 9.98. The molecule has 90 valence electrons. The molecule has 0 unspecified atom stereocenters. The van der Waals surface area contributed by atoms with E-state index in [1.807, 2.05) is 0 Å². The lowest BCUT2D eigenvalue weighted by Gasteiger charge is -2.09. The van der Waals surface area contributed by atoms with E-state index in [1.54, 1.807) is 18.2 Å². The highest BCUT2D eigenvalue weighted by Crippen LogP contribution is 2.33. The van der Waals surface area contributed by atoms with Crippen LogP contribution < -0.4 is 0 Å². The zero-order chi connectivity index (χ0) is 12.9. The standard InChI is InChI=1S/C12H6O6/c13-11(14)6-3-1-2-5-4-7-10(18-17-7)9(8(5)6)12(15)16/h1-4H,(H,13,14)(H,15,16). The Morgan fingerprint density at radius 2 is 1.83 bits per heavy atom. The molecule has 0 spiro atoms. The van der Waals surface area contributed by atoms with E-state index in [0.29, 0.717) is 11.0 Å². The van der Waals surface area contributed by atoms with Crippen LogP contribution in [0.4, 0.5) is 0 Å². The maximum Gasteiger partial charge on any atom is 0.340 e. The Balaban J connectivity index is 2.57. The molecule has 0 saturated heterocycles. The van der Waals surface area contributed by atoms with Gasteiger partial charge in [-0.3, -0.25) is 9.15 Å². The van der Waals surface area contributed by atoms with Gasteiger partial charge in [-0.15, -0.1) is 0 Å². The number of carbonyl (C=O) groups is 2. The maximum atomic E-state index is 11.3. The van der Waals surface area contributed by atoms with Crippen molar-refractivity contribution in [2.24, 2.45) is 0 Å². The molecule has 0 bridgehead atoms. The fraction of sp³-hybridized carbons (Fsp3) is 0. The predicted molar refractivity (Wildman–Crippen MR) is 59.9 cm³/mol. The molecule has 2 aromatic carbocycles. The summed E-state index contributed by atoms with van der Waals surface area (Å²) < 4.78 is 9.30. The van der Waals surface area contributed by atoms with Crippen molar-refractivity contribution in [3.63, 3.8) is 0 Å². The normalized spacial score (nSPS) is 11.1. The van der Waals surface area contributed by atoms with Crippen molar-refractivity contribution in [2.45, 2.75) is 0 Å². The minimum absolute atomic E-state index is 0.0590. The Labute approximate surface area is 98.9 Å². The molecule has 1 heterocycles. The molecule has 0 aliphatic carbocycles. The van der Waals surface area contributed by atoms with Crippen LogP contribution in [-0.4, -0.2) is 22.2 Å². The van der Waals surface area contributed by atoms with E-state index < -0.39 is 11.9 Å². The number of hydrogen-bond donors (Lipinski definition) is 2. The number of carboxylic acid groups (broad SMARTS) is 2. The lowest BCUT2D eigenvalue weighted by molar-refractivity contribution is 0.0543. The summed E-state index contributed by atoms with van der Waals surface area (Å²) in [5, 5.41) is 18.9. The molecule has 0 aliphatic heterocycles. The van der Waals surface area contributed by atoms with Gasteiger partial charge in [0.15, 0.2) is 0 Å². The van der Waals surface area contributed by atoms with Crippen LogP contribution >= 0.6 is 0 Å².